The fourth-order valence-corrected chi connectivity index (χ4v) is 2.68. The predicted octanol–water partition coefficient (Wildman–Crippen LogP) is 3.38. The van der Waals surface area contributed by atoms with E-state index < -0.39 is 0 Å². The van der Waals surface area contributed by atoms with Crippen LogP contribution < -0.4 is 0 Å². The molecule has 0 bridgehead atoms. The average molecular weight is 279 g/mol. The molecule has 0 aromatic carbocycles. The summed E-state index contributed by atoms with van der Waals surface area (Å²) in [5.74, 6) is 0.779. The van der Waals surface area contributed by atoms with Crippen molar-refractivity contribution in [1.82, 2.24) is 0 Å². The summed E-state index contributed by atoms with van der Waals surface area (Å²) in [4.78, 5) is 0.493. The molecule has 0 aromatic heterocycles. The standard InChI is InChI=1S/C12H23BrO2/c1-4-14-12-10(13)8-11(12)15-7-5-6-9(2)3/h9-12H,4-8H2,1-3H3. The van der Waals surface area contributed by atoms with Gasteiger partial charge in [0.1, 0.15) is 0 Å². The Morgan fingerprint density at radius 3 is 2.60 bits per heavy atom. The lowest BCUT2D eigenvalue weighted by Crippen LogP contribution is -2.50. The van der Waals surface area contributed by atoms with Gasteiger partial charge in [-0.2, -0.15) is 0 Å². The summed E-state index contributed by atoms with van der Waals surface area (Å²) in [6.45, 7) is 8.19. The van der Waals surface area contributed by atoms with Crippen molar-refractivity contribution in [2.45, 2.75) is 57.1 Å². The second kappa shape index (κ2) is 6.87. The van der Waals surface area contributed by atoms with Gasteiger partial charge in [-0.25, -0.2) is 0 Å². The van der Waals surface area contributed by atoms with Crippen LogP contribution >= 0.6 is 15.9 Å². The van der Waals surface area contributed by atoms with Gasteiger partial charge in [-0.05, 0) is 32.1 Å². The topological polar surface area (TPSA) is 18.5 Å². The maximum Gasteiger partial charge on any atom is 0.0962 e. The third-order valence-corrected chi connectivity index (χ3v) is 3.69. The highest BCUT2D eigenvalue weighted by atomic mass is 79.9. The third-order valence-electron chi connectivity index (χ3n) is 2.80. The van der Waals surface area contributed by atoms with Gasteiger partial charge in [0.15, 0.2) is 0 Å². The maximum atomic E-state index is 5.81. The van der Waals surface area contributed by atoms with Gasteiger partial charge < -0.3 is 9.47 Å². The highest BCUT2D eigenvalue weighted by Crippen LogP contribution is 2.33. The normalized spacial score (nSPS) is 30.6. The van der Waals surface area contributed by atoms with Crippen molar-refractivity contribution < 1.29 is 9.47 Å². The molecule has 15 heavy (non-hydrogen) atoms. The molecule has 0 spiro atoms. The lowest BCUT2D eigenvalue weighted by atomic mass is 9.91. The zero-order valence-electron chi connectivity index (χ0n) is 10.0. The summed E-state index contributed by atoms with van der Waals surface area (Å²) in [5.41, 5.74) is 0. The molecule has 1 aliphatic rings. The minimum absolute atomic E-state index is 0.272. The largest absolute Gasteiger partial charge is 0.375 e. The molecule has 1 fully saturated rings. The molecule has 90 valence electrons. The number of alkyl halides is 1. The molecular formula is C12H23BrO2. The summed E-state index contributed by atoms with van der Waals surface area (Å²) < 4.78 is 11.4. The van der Waals surface area contributed by atoms with Crippen LogP contribution in [-0.4, -0.2) is 30.2 Å². The van der Waals surface area contributed by atoms with E-state index >= 15 is 0 Å². The lowest BCUT2D eigenvalue weighted by Gasteiger charge is -2.40. The molecule has 0 heterocycles. The van der Waals surface area contributed by atoms with E-state index in [2.05, 4.69) is 29.8 Å². The summed E-state index contributed by atoms with van der Waals surface area (Å²) in [6, 6.07) is 0. The van der Waals surface area contributed by atoms with Crippen molar-refractivity contribution >= 4 is 15.9 Å². The van der Waals surface area contributed by atoms with Gasteiger partial charge in [-0.3, -0.25) is 0 Å². The zero-order chi connectivity index (χ0) is 11.3. The molecule has 0 aromatic rings. The van der Waals surface area contributed by atoms with Crippen molar-refractivity contribution in [3.63, 3.8) is 0 Å². The molecule has 3 unspecified atom stereocenters. The Bertz CT molecular complexity index is 173. The van der Waals surface area contributed by atoms with Crippen molar-refractivity contribution in [2.24, 2.45) is 5.92 Å². The number of halogens is 1. The second-order valence-electron chi connectivity index (χ2n) is 4.62. The van der Waals surface area contributed by atoms with E-state index in [0.717, 1.165) is 25.6 Å². The highest BCUT2D eigenvalue weighted by molar-refractivity contribution is 9.09. The number of rotatable bonds is 7. The fraction of sp³-hybridized carbons (Fsp3) is 1.00. The van der Waals surface area contributed by atoms with E-state index in [9.17, 15) is 0 Å². The maximum absolute atomic E-state index is 5.81. The fourth-order valence-electron chi connectivity index (χ4n) is 1.82. The SMILES string of the molecule is CCOC1C(Br)CC1OCCCC(C)C. The first-order valence-electron chi connectivity index (χ1n) is 6.02. The predicted molar refractivity (Wildman–Crippen MR) is 66.6 cm³/mol. The Kier molecular flexibility index (Phi) is 6.17. The van der Waals surface area contributed by atoms with Crippen LogP contribution in [0.2, 0.25) is 0 Å². The van der Waals surface area contributed by atoms with Gasteiger partial charge in [0.25, 0.3) is 0 Å². The van der Waals surface area contributed by atoms with E-state index in [1.807, 2.05) is 6.92 Å². The van der Waals surface area contributed by atoms with Crippen LogP contribution in [0.25, 0.3) is 0 Å². The average Bonchev–Trinajstić information content (AvgIpc) is 2.18. The first kappa shape index (κ1) is 13.5. The van der Waals surface area contributed by atoms with Crippen molar-refractivity contribution in [1.29, 1.82) is 0 Å². The van der Waals surface area contributed by atoms with E-state index in [0.29, 0.717) is 10.9 Å². The summed E-state index contributed by atoms with van der Waals surface area (Å²) in [6.07, 6.45) is 4.10. The van der Waals surface area contributed by atoms with Gasteiger partial charge in [0, 0.05) is 18.0 Å². The van der Waals surface area contributed by atoms with Crippen LogP contribution in [0, 0.1) is 5.92 Å². The Morgan fingerprint density at radius 2 is 2.07 bits per heavy atom. The van der Waals surface area contributed by atoms with Crippen LogP contribution in [0.5, 0.6) is 0 Å². The quantitative estimate of drug-likeness (QED) is 0.525. The minimum Gasteiger partial charge on any atom is -0.375 e. The first-order valence-corrected chi connectivity index (χ1v) is 6.94. The molecule has 1 saturated carbocycles. The number of ether oxygens (including phenoxy) is 2. The molecule has 0 saturated heterocycles. The van der Waals surface area contributed by atoms with Gasteiger partial charge >= 0.3 is 0 Å². The van der Waals surface area contributed by atoms with E-state index in [1.165, 1.54) is 12.8 Å². The van der Waals surface area contributed by atoms with Crippen LogP contribution in [0.3, 0.4) is 0 Å². The highest BCUT2D eigenvalue weighted by Gasteiger charge is 2.40. The Morgan fingerprint density at radius 1 is 1.33 bits per heavy atom. The van der Waals surface area contributed by atoms with E-state index in [1.54, 1.807) is 0 Å². The summed E-state index contributed by atoms with van der Waals surface area (Å²) in [5, 5.41) is 0. The van der Waals surface area contributed by atoms with Crippen LogP contribution in [0.15, 0.2) is 0 Å². The van der Waals surface area contributed by atoms with Crippen LogP contribution in [0.1, 0.15) is 40.0 Å². The Hall–Kier alpha value is 0.400. The second-order valence-corrected chi connectivity index (χ2v) is 5.79. The molecular weight excluding hydrogens is 256 g/mol. The molecule has 2 nitrogen and oxygen atoms in total. The van der Waals surface area contributed by atoms with Crippen molar-refractivity contribution in [3.8, 4) is 0 Å². The minimum atomic E-state index is 0.272. The smallest absolute Gasteiger partial charge is 0.0962 e. The Balaban J connectivity index is 2.06. The van der Waals surface area contributed by atoms with Crippen molar-refractivity contribution in [3.05, 3.63) is 0 Å². The van der Waals surface area contributed by atoms with E-state index in [-0.39, 0.29) is 6.10 Å². The number of hydrogen-bond acceptors (Lipinski definition) is 2. The van der Waals surface area contributed by atoms with Gasteiger partial charge in [-0.1, -0.05) is 29.8 Å². The molecule has 0 N–H and O–H groups in total. The molecule has 0 aliphatic heterocycles. The van der Waals surface area contributed by atoms with Crippen LogP contribution in [-0.2, 0) is 9.47 Å². The van der Waals surface area contributed by atoms with Gasteiger partial charge in [0.05, 0.1) is 12.2 Å². The lowest BCUT2D eigenvalue weighted by molar-refractivity contribution is -0.119. The third kappa shape index (κ3) is 4.41. The van der Waals surface area contributed by atoms with Crippen molar-refractivity contribution in [2.75, 3.05) is 13.2 Å². The van der Waals surface area contributed by atoms with Crippen LogP contribution in [0.4, 0.5) is 0 Å². The van der Waals surface area contributed by atoms with Gasteiger partial charge in [-0.15, -0.1) is 0 Å². The zero-order valence-corrected chi connectivity index (χ0v) is 11.6. The molecule has 1 aliphatic carbocycles. The number of hydrogen-bond donors (Lipinski definition) is 0. The molecule has 3 atom stereocenters. The van der Waals surface area contributed by atoms with Gasteiger partial charge in [0.2, 0.25) is 0 Å². The van der Waals surface area contributed by atoms with E-state index in [4.69, 9.17) is 9.47 Å². The molecule has 3 heteroatoms. The summed E-state index contributed by atoms with van der Waals surface area (Å²) >= 11 is 3.60. The monoisotopic (exact) mass is 278 g/mol. The molecule has 1 rings (SSSR count). The molecule has 0 radical (unpaired) electrons. The summed E-state index contributed by atoms with van der Waals surface area (Å²) in [7, 11) is 0. The Labute approximate surface area is 102 Å². The molecule has 0 amide bonds. The first-order chi connectivity index (χ1) is 7.15.